The van der Waals surface area contributed by atoms with Gasteiger partial charge in [0.1, 0.15) is 11.2 Å². The van der Waals surface area contributed by atoms with Gasteiger partial charge in [0.25, 0.3) is 0 Å². The normalized spacial score (nSPS) is 40.5. The van der Waals surface area contributed by atoms with Gasteiger partial charge in [-0.1, -0.05) is 0 Å². The maximum absolute atomic E-state index is 13.0. The molecule has 134 valence electrons. The molecule has 4 aliphatic carbocycles. The summed E-state index contributed by atoms with van der Waals surface area (Å²) < 4.78 is 5.10. The van der Waals surface area contributed by atoms with E-state index in [1.807, 2.05) is 6.92 Å². The Bertz CT molecular complexity index is 722. The topological polar surface area (TPSA) is 77.5 Å². The van der Waals surface area contributed by atoms with Crippen molar-refractivity contribution in [3.05, 3.63) is 11.1 Å². The summed E-state index contributed by atoms with van der Waals surface area (Å²) in [5, 5.41) is 0. The molecule has 4 atom stereocenters. The molecule has 0 saturated heterocycles. The number of methoxy groups -OCH3 is 1. The fraction of sp³-hybridized carbons (Fsp3) is 0.700. The highest BCUT2D eigenvalue weighted by atomic mass is 16.5. The summed E-state index contributed by atoms with van der Waals surface area (Å²) in [7, 11) is 1.32. The summed E-state index contributed by atoms with van der Waals surface area (Å²) in [4.78, 5) is 51.4. The number of fused-ring (bicyclic) bond motifs is 4. The lowest BCUT2D eigenvalue weighted by atomic mass is 9.48. The summed E-state index contributed by atoms with van der Waals surface area (Å²) in [6.07, 6.45) is 4.22. The van der Waals surface area contributed by atoms with Crippen LogP contribution < -0.4 is 0 Å². The van der Waals surface area contributed by atoms with Gasteiger partial charge >= 0.3 is 5.97 Å². The van der Waals surface area contributed by atoms with Gasteiger partial charge in [-0.2, -0.15) is 0 Å². The molecule has 0 heterocycles. The Kier molecular flexibility index (Phi) is 3.57. The standard InChI is InChI=1S/C20H24O5/c1-19-9-8-13-17(12(19)6-7-15(19)22)14(21)10-11-4-3-5-16(23)20(11,13)18(24)25-2/h11,13H,3-10H2,1-2H3/t11-,13-,19+,20+/m1/s1. The van der Waals surface area contributed by atoms with Crippen molar-refractivity contribution in [1.82, 2.24) is 0 Å². The van der Waals surface area contributed by atoms with Gasteiger partial charge in [-0.3, -0.25) is 19.2 Å². The first-order valence-corrected chi connectivity index (χ1v) is 9.29. The van der Waals surface area contributed by atoms with E-state index in [0.29, 0.717) is 44.1 Å². The van der Waals surface area contributed by atoms with Crippen molar-refractivity contribution in [3.8, 4) is 0 Å². The van der Waals surface area contributed by atoms with E-state index in [1.54, 1.807) is 0 Å². The van der Waals surface area contributed by atoms with E-state index in [2.05, 4.69) is 0 Å². The highest BCUT2D eigenvalue weighted by molar-refractivity contribution is 6.11. The van der Waals surface area contributed by atoms with Crippen molar-refractivity contribution in [3.63, 3.8) is 0 Å². The zero-order chi connectivity index (χ0) is 18.0. The summed E-state index contributed by atoms with van der Waals surface area (Å²) in [5.41, 5.74) is -0.269. The lowest BCUT2D eigenvalue weighted by Gasteiger charge is -2.52. The van der Waals surface area contributed by atoms with Crippen LogP contribution in [0.1, 0.15) is 58.3 Å². The summed E-state index contributed by atoms with van der Waals surface area (Å²) >= 11 is 0. The average Bonchev–Trinajstić information content (AvgIpc) is 2.89. The second kappa shape index (κ2) is 5.36. The number of ketones is 3. The maximum Gasteiger partial charge on any atom is 0.320 e. The molecule has 0 aromatic rings. The Morgan fingerprint density at radius 3 is 2.56 bits per heavy atom. The van der Waals surface area contributed by atoms with Gasteiger partial charge in [0.05, 0.1) is 7.11 Å². The first-order valence-electron chi connectivity index (χ1n) is 9.29. The third-order valence-electron chi connectivity index (χ3n) is 7.36. The molecular weight excluding hydrogens is 320 g/mol. The lowest BCUT2D eigenvalue weighted by molar-refractivity contribution is -0.172. The smallest absolute Gasteiger partial charge is 0.320 e. The SMILES string of the molecule is COC(=O)[C@@]12C(=O)CCC[C@@H]1CC(=O)C1=C3CCC(=O)[C@@]3(C)CC[C@H]12. The molecule has 0 bridgehead atoms. The van der Waals surface area contributed by atoms with E-state index in [0.717, 1.165) is 12.0 Å². The van der Waals surface area contributed by atoms with Crippen molar-refractivity contribution in [2.75, 3.05) is 7.11 Å². The van der Waals surface area contributed by atoms with Crippen LogP contribution in [0.15, 0.2) is 11.1 Å². The molecule has 25 heavy (non-hydrogen) atoms. The zero-order valence-corrected chi connectivity index (χ0v) is 14.9. The first-order chi connectivity index (χ1) is 11.9. The minimum atomic E-state index is -1.21. The van der Waals surface area contributed by atoms with E-state index < -0.39 is 22.7 Å². The molecule has 0 amide bonds. The molecule has 0 aromatic heterocycles. The quantitative estimate of drug-likeness (QED) is 0.540. The minimum absolute atomic E-state index is 0.0415. The van der Waals surface area contributed by atoms with Crippen LogP contribution in [-0.4, -0.2) is 30.4 Å². The molecule has 4 aliphatic rings. The van der Waals surface area contributed by atoms with Crippen LogP contribution in [-0.2, 0) is 23.9 Å². The van der Waals surface area contributed by atoms with Crippen LogP contribution in [0.2, 0.25) is 0 Å². The third-order valence-corrected chi connectivity index (χ3v) is 7.36. The van der Waals surface area contributed by atoms with Gasteiger partial charge in [-0.15, -0.1) is 0 Å². The zero-order valence-electron chi connectivity index (χ0n) is 14.9. The van der Waals surface area contributed by atoms with Crippen molar-refractivity contribution in [1.29, 1.82) is 0 Å². The van der Waals surface area contributed by atoms with Gasteiger partial charge in [-0.05, 0) is 50.5 Å². The van der Waals surface area contributed by atoms with E-state index in [1.165, 1.54) is 7.11 Å². The Balaban J connectivity index is 1.94. The van der Waals surface area contributed by atoms with Crippen LogP contribution in [0.25, 0.3) is 0 Å². The van der Waals surface area contributed by atoms with Crippen molar-refractivity contribution < 1.29 is 23.9 Å². The molecule has 3 saturated carbocycles. The maximum atomic E-state index is 13.0. The average molecular weight is 344 g/mol. The van der Waals surface area contributed by atoms with Gasteiger partial charge < -0.3 is 4.74 Å². The number of carbonyl (C=O) groups excluding carboxylic acids is 4. The molecule has 5 heteroatoms. The second-order valence-corrected chi connectivity index (χ2v) is 8.24. The molecule has 0 spiro atoms. The molecular formula is C20H24O5. The van der Waals surface area contributed by atoms with Crippen molar-refractivity contribution in [2.24, 2.45) is 22.7 Å². The van der Waals surface area contributed by atoms with Gasteiger partial charge in [0.15, 0.2) is 11.6 Å². The van der Waals surface area contributed by atoms with Crippen LogP contribution >= 0.6 is 0 Å². The highest BCUT2D eigenvalue weighted by Crippen LogP contribution is 2.61. The molecule has 0 aliphatic heterocycles. The number of carbonyl (C=O) groups is 4. The van der Waals surface area contributed by atoms with Gasteiger partial charge in [0.2, 0.25) is 0 Å². The molecule has 0 aromatic carbocycles. The number of ether oxygens (including phenoxy) is 1. The molecule has 4 rings (SSSR count). The minimum Gasteiger partial charge on any atom is -0.468 e. The monoisotopic (exact) mass is 344 g/mol. The molecule has 0 unspecified atom stereocenters. The van der Waals surface area contributed by atoms with Crippen molar-refractivity contribution >= 4 is 23.3 Å². The fourth-order valence-corrected chi connectivity index (χ4v) is 6.12. The molecule has 5 nitrogen and oxygen atoms in total. The van der Waals surface area contributed by atoms with E-state index >= 15 is 0 Å². The predicted octanol–water partition coefficient (Wildman–Crippen LogP) is 2.56. The number of esters is 1. The van der Waals surface area contributed by atoms with Crippen LogP contribution in [0.4, 0.5) is 0 Å². The summed E-state index contributed by atoms with van der Waals surface area (Å²) in [6, 6.07) is 0. The number of rotatable bonds is 1. The molecule has 0 N–H and O–H groups in total. The van der Waals surface area contributed by atoms with Crippen molar-refractivity contribution in [2.45, 2.75) is 58.3 Å². The van der Waals surface area contributed by atoms with Crippen LogP contribution in [0, 0.1) is 22.7 Å². The second-order valence-electron chi connectivity index (χ2n) is 8.24. The van der Waals surface area contributed by atoms with E-state index in [-0.39, 0.29) is 29.7 Å². The Hall–Kier alpha value is -1.78. The Morgan fingerprint density at radius 2 is 1.84 bits per heavy atom. The number of hydrogen-bond donors (Lipinski definition) is 0. The van der Waals surface area contributed by atoms with E-state index in [9.17, 15) is 19.2 Å². The van der Waals surface area contributed by atoms with Gasteiger partial charge in [0, 0.05) is 36.2 Å². The van der Waals surface area contributed by atoms with Gasteiger partial charge in [-0.25, -0.2) is 0 Å². The molecule has 0 radical (unpaired) electrons. The van der Waals surface area contributed by atoms with Crippen LogP contribution in [0.3, 0.4) is 0 Å². The van der Waals surface area contributed by atoms with E-state index in [4.69, 9.17) is 4.74 Å². The Labute approximate surface area is 147 Å². The first kappa shape index (κ1) is 16.7. The summed E-state index contributed by atoms with van der Waals surface area (Å²) in [5.74, 6) is -0.993. The largest absolute Gasteiger partial charge is 0.468 e. The fourth-order valence-electron chi connectivity index (χ4n) is 6.12. The number of Topliss-reactive ketones (excluding diaryl/α,β-unsaturated/α-hetero) is 3. The highest BCUT2D eigenvalue weighted by Gasteiger charge is 2.65. The lowest BCUT2D eigenvalue weighted by Crippen LogP contribution is -2.59. The predicted molar refractivity (Wildman–Crippen MR) is 88.5 cm³/mol. The number of allylic oxidation sites excluding steroid dienone is 2. The third kappa shape index (κ3) is 1.90. The Morgan fingerprint density at radius 1 is 1.08 bits per heavy atom. The number of hydrogen-bond acceptors (Lipinski definition) is 5. The summed E-state index contributed by atoms with van der Waals surface area (Å²) in [6.45, 7) is 1.92. The molecule has 3 fully saturated rings. The van der Waals surface area contributed by atoms with Crippen LogP contribution in [0.5, 0.6) is 0 Å².